The van der Waals surface area contributed by atoms with Gasteiger partial charge in [0.1, 0.15) is 0 Å². The number of halogens is 1. The largest absolute Gasteiger partial charge is 0.377 e. The fourth-order valence-electron chi connectivity index (χ4n) is 2.44. The standard InChI is InChI=1S/C16H15ClN2O/c17-12-7-4-8-14-16(12)19-15(20)10-9-13(18-14)11-5-2-1-3-6-11/h1-8,13,18H,9-10H2,(H,19,20). The third-order valence-electron chi connectivity index (χ3n) is 3.47. The van der Waals surface area contributed by atoms with Crippen LogP contribution in [0.2, 0.25) is 5.02 Å². The summed E-state index contributed by atoms with van der Waals surface area (Å²) in [4.78, 5) is 11.9. The van der Waals surface area contributed by atoms with E-state index in [-0.39, 0.29) is 11.9 Å². The van der Waals surface area contributed by atoms with Crippen LogP contribution >= 0.6 is 11.6 Å². The first kappa shape index (κ1) is 13.0. The first-order valence-corrected chi connectivity index (χ1v) is 7.01. The molecular weight excluding hydrogens is 272 g/mol. The molecule has 0 bridgehead atoms. The van der Waals surface area contributed by atoms with E-state index in [1.165, 1.54) is 5.56 Å². The Labute approximate surface area is 123 Å². The highest BCUT2D eigenvalue weighted by molar-refractivity contribution is 6.34. The molecule has 1 aliphatic rings. The molecule has 3 rings (SSSR count). The number of carbonyl (C=O) groups excluding carboxylic acids is 1. The van der Waals surface area contributed by atoms with Crippen LogP contribution in [0.3, 0.4) is 0 Å². The van der Waals surface area contributed by atoms with Crippen LogP contribution < -0.4 is 10.6 Å². The van der Waals surface area contributed by atoms with Gasteiger partial charge in [0.2, 0.25) is 5.91 Å². The van der Waals surface area contributed by atoms with E-state index in [2.05, 4.69) is 22.8 Å². The van der Waals surface area contributed by atoms with Gasteiger partial charge in [-0.2, -0.15) is 0 Å². The van der Waals surface area contributed by atoms with E-state index in [1.807, 2.05) is 30.3 Å². The minimum absolute atomic E-state index is 0.00165. The van der Waals surface area contributed by atoms with E-state index in [0.29, 0.717) is 17.1 Å². The number of para-hydroxylation sites is 1. The van der Waals surface area contributed by atoms with Crippen molar-refractivity contribution in [2.24, 2.45) is 0 Å². The number of carbonyl (C=O) groups is 1. The lowest BCUT2D eigenvalue weighted by molar-refractivity contribution is -0.116. The molecule has 0 aliphatic carbocycles. The second kappa shape index (κ2) is 5.55. The fourth-order valence-corrected chi connectivity index (χ4v) is 2.67. The van der Waals surface area contributed by atoms with Gasteiger partial charge in [0.05, 0.1) is 22.4 Å². The molecule has 2 aromatic rings. The van der Waals surface area contributed by atoms with Gasteiger partial charge in [0.15, 0.2) is 0 Å². The van der Waals surface area contributed by atoms with E-state index in [0.717, 1.165) is 12.1 Å². The molecule has 0 saturated carbocycles. The molecule has 1 amide bonds. The minimum atomic E-state index is 0.00165. The molecule has 0 fully saturated rings. The quantitative estimate of drug-likeness (QED) is 0.824. The smallest absolute Gasteiger partial charge is 0.224 e. The maximum atomic E-state index is 11.9. The Morgan fingerprint density at radius 1 is 1.05 bits per heavy atom. The number of amides is 1. The second-order valence-corrected chi connectivity index (χ2v) is 5.26. The van der Waals surface area contributed by atoms with Crippen LogP contribution in [0.15, 0.2) is 48.5 Å². The maximum Gasteiger partial charge on any atom is 0.224 e. The third-order valence-corrected chi connectivity index (χ3v) is 3.78. The molecule has 1 atom stereocenters. The van der Waals surface area contributed by atoms with Crippen molar-refractivity contribution in [2.45, 2.75) is 18.9 Å². The zero-order valence-corrected chi connectivity index (χ0v) is 11.7. The molecule has 2 aromatic carbocycles. The molecule has 0 spiro atoms. The summed E-state index contributed by atoms with van der Waals surface area (Å²) in [5.74, 6) is 0.00165. The average Bonchev–Trinajstić information content (AvgIpc) is 2.45. The zero-order chi connectivity index (χ0) is 13.9. The van der Waals surface area contributed by atoms with E-state index >= 15 is 0 Å². The SMILES string of the molecule is O=C1CCC(c2ccccc2)Nc2cccc(Cl)c2N1. The summed E-state index contributed by atoms with van der Waals surface area (Å²) in [6.45, 7) is 0. The summed E-state index contributed by atoms with van der Waals surface area (Å²) in [6, 6.07) is 15.9. The number of nitrogens with one attached hydrogen (secondary N) is 2. The third kappa shape index (κ3) is 2.63. The highest BCUT2D eigenvalue weighted by Gasteiger charge is 2.20. The molecule has 0 saturated heterocycles. The normalized spacial score (nSPS) is 18.2. The molecular formula is C16H15ClN2O. The Hall–Kier alpha value is -2.00. The summed E-state index contributed by atoms with van der Waals surface area (Å²) in [5.41, 5.74) is 2.70. The van der Waals surface area contributed by atoms with Crippen LogP contribution in [0.1, 0.15) is 24.4 Å². The summed E-state index contributed by atoms with van der Waals surface area (Å²) < 4.78 is 0. The van der Waals surface area contributed by atoms with Crippen molar-refractivity contribution in [3.05, 3.63) is 59.1 Å². The molecule has 1 aliphatic heterocycles. The number of hydrogen-bond acceptors (Lipinski definition) is 2. The van der Waals surface area contributed by atoms with Crippen molar-refractivity contribution in [3.63, 3.8) is 0 Å². The van der Waals surface area contributed by atoms with Crippen molar-refractivity contribution in [3.8, 4) is 0 Å². The first-order chi connectivity index (χ1) is 9.74. The Morgan fingerprint density at radius 2 is 1.85 bits per heavy atom. The van der Waals surface area contributed by atoms with Crippen molar-refractivity contribution < 1.29 is 4.79 Å². The van der Waals surface area contributed by atoms with Crippen LogP contribution in [0, 0.1) is 0 Å². The molecule has 2 N–H and O–H groups in total. The summed E-state index contributed by atoms with van der Waals surface area (Å²) >= 11 is 6.17. The van der Waals surface area contributed by atoms with Crippen molar-refractivity contribution in [1.29, 1.82) is 0 Å². The van der Waals surface area contributed by atoms with Gasteiger partial charge in [-0.1, -0.05) is 48.0 Å². The summed E-state index contributed by atoms with van der Waals surface area (Å²) in [5, 5.41) is 6.90. The number of benzene rings is 2. The molecule has 102 valence electrons. The molecule has 0 radical (unpaired) electrons. The van der Waals surface area contributed by atoms with Gasteiger partial charge in [0, 0.05) is 6.42 Å². The predicted molar refractivity (Wildman–Crippen MR) is 82.1 cm³/mol. The van der Waals surface area contributed by atoms with Crippen LogP contribution in [-0.2, 0) is 4.79 Å². The first-order valence-electron chi connectivity index (χ1n) is 6.64. The lowest BCUT2D eigenvalue weighted by atomic mass is 10.00. The van der Waals surface area contributed by atoms with Crippen LogP contribution in [-0.4, -0.2) is 5.91 Å². The Morgan fingerprint density at radius 3 is 2.65 bits per heavy atom. The number of rotatable bonds is 1. The summed E-state index contributed by atoms with van der Waals surface area (Å²) in [6.07, 6.45) is 1.22. The molecule has 4 heteroatoms. The predicted octanol–water partition coefficient (Wildman–Crippen LogP) is 4.23. The molecule has 0 aromatic heterocycles. The lowest BCUT2D eigenvalue weighted by Gasteiger charge is -2.25. The fraction of sp³-hybridized carbons (Fsp3) is 0.188. The molecule has 1 unspecified atom stereocenters. The van der Waals surface area contributed by atoms with E-state index in [4.69, 9.17) is 11.6 Å². The topological polar surface area (TPSA) is 41.1 Å². The van der Waals surface area contributed by atoms with E-state index in [9.17, 15) is 4.79 Å². The Kier molecular flexibility index (Phi) is 3.61. The highest BCUT2D eigenvalue weighted by atomic mass is 35.5. The number of fused-ring (bicyclic) bond motifs is 1. The highest BCUT2D eigenvalue weighted by Crippen LogP contribution is 2.35. The van der Waals surface area contributed by atoms with Gasteiger partial charge in [-0.05, 0) is 24.1 Å². The van der Waals surface area contributed by atoms with Crippen molar-refractivity contribution in [1.82, 2.24) is 0 Å². The van der Waals surface area contributed by atoms with Crippen molar-refractivity contribution in [2.75, 3.05) is 10.6 Å². The molecule has 3 nitrogen and oxygen atoms in total. The zero-order valence-electron chi connectivity index (χ0n) is 10.9. The molecule has 1 heterocycles. The van der Waals surface area contributed by atoms with Crippen LogP contribution in [0.25, 0.3) is 0 Å². The van der Waals surface area contributed by atoms with Gasteiger partial charge in [-0.15, -0.1) is 0 Å². The van der Waals surface area contributed by atoms with Gasteiger partial charge in [-0.3, -0.25) is 4.79 Å². The van der Waals surface area contributed by atoms with Crippen LogP contribution in [0.5, 0.6) is 0 Å². The van der Waals surface area contributed by atoms with Gasteiger partial charge < -0.3 is 10.6 Å². The second-order valence-electron chi connectivity index (χ2n) is 4.86. The van der Waals surface area contributed by atoms with Gasteiger partial charge >= 0.3 is 0 Å². The van der Waals surface area contributed by atoms with Gasteiger partial charge in [-0.25, -0.2) is 0 Å². The summed E-state index contributed by atoms with van der Waals surface area (Å²) in [7, 11) is 0. The van der Waals surface area contributed by atoms with Crippen molar-refractivity contribution >= 4 is 28.9 Å². The Balaban J connectivity index is 1.99. The van der Waals surface area contributed by atoms with Crippen LogP contribution in [0.4, 0.5) is 11.4 Å². The monoisotopic (exact) mass is 286 g/mol. The van der Waals surface area contributed by atoms with Gasteiger partial charge in [0.25, 0.3) is 0 Å². The molecule has 20 heavy (non-hydrogen) atoms. The minimum Gasteiger partial charge on any atom is -0.377 e. The van der Waals surface area contributed by atoms with E-state index in [1.54, 1.807) is 6.07 Å². The number of anilines is 2. The van der Waals surface area contributed by atoms with E-state index < -0.39 is 0 Å². The maximum absolute atomic E-state index is 11.9. The average molecular weight is 287 g/mol. The lowest BCUT2D eigenvalue weighted by Crippen LogP contribution is -2.21. The Bertz CT molecular complexity index is 628. The number of hydrogen-bond donors (Lipinski definition) is 2.